The second-order valence-electron chi connectivity index (χ2n) is 6.06. The molecule has 1 amide bonds. The van der Waals surface area contributed by atoms with Crippen LogP contribution in [0.15, 0.2) is 88.2 Å². The molecule has 0 aromatic heterocycles. The molecule has 0 radical (unpaired) electrons. The molecule has 0 heterocycles. The molecular weight excluding hydrogens is 442 g/mol. The Morgan fingerprint density at radius 3 is 2.29 bits per heavy atom. The number of ether oxygens (including phenoxy) is 1. The first kappa shape index (κ1) is 20.1. The number of carbonyl (C=O) groups is 1. The molecular formula is C21H18BrNO4S. The number of aryl methyl sites for hydroxylation is 1. The Hall–Kier alpha value is -2.64. The molecule has 28 heavy (non-hydrogen) atoms. The van der Waals surface area contributed by atoms with Crippen molar-refractivity contribution in [1.82, 2.24) is 0 Å². The fourth-order valence-electron chi connectivity index (χ4n) is 2.56. The zero-order valence-electron chi connectivity index (χ0n) is 15.1. The Morgan fingerprint density at radius 2 is 1.64 bits per heavy atom. The monoisotopic (exact) mass is 459 g/mol. The van der Waals surface area contributed by atoms with Gasteiger partial charge in [-0.05, 0) is 49.4 Å². The van der Waals surface area contributed by atoms with Gasteiger partial charge in [-0.2, -0.15) is 4.31 Å². The highest BCUT2D eigenvalue weighted by Crippen LogP contribution is 2.25. The van der Waals surface area contributed by atoms with Gasteiger partial charge < -0.3 is 4.74 Å². The lowest BCUT2D eigenvalue weighted by Gasteiger charge is -2.23. The van der Waals surface area contributed by atoms with E-state index in [4.69, 9.17) is 4.74 Å². The maximum atomic E-state index is 13.2. The van der Waals surface area contributed by atoms with Crippen molar-refractivity contribution in [2.75, 3.05) is 10.9 Å². The first-order chi connectivity index (χ1) is 13.4. The fourth-order valence-corrected chi connectivity index (χ4v) is 4.35. The van der Waals surface area contributed by atoms with Gasteiger partial charge in [-0.3, -0.25) is 4.79 Å². The minimum Gasteiger partial charge on any atom is -0.484 e. The third kappa shape index (κ3) is 4.61. The van der Waals surface area contributed by atoms with E-state index in [2.05, 4.69) is 15.9 Å². The van der Waals surface area contributed by atoms with Crippen LogP contribution >= 0.6 is 15.9 Å². The second-order valence-corrected chi connectivity index (χ2v) is 8.76. The van der Waals surface area contributed by atoms with Crippen LogP contribution in [0.3, 0.4) is 0 Å². The van der Waals surface area contributed by atoms with E-state index in [1.807, 2.05) is 13.0 Å². The molecule has 0 fully saturated rings. The van der Waals surface area contributed by atoms with E-state index < -0.39 is 22.5 Å². The SMILES string of the molecule is Cc1ccc(S(=O)(=O)N(C(=O)COc2cccc(Br)c2)c2ccccc2)cc1. The van der Waals surface area contributed by atoms with Crippen LogP contribution in [0, 0.1) is 6.92 Å². The van der Waals surface area contributed by atoms with Gasteiger partial charge in [-0.25, -0.2) is 8.42 Å². The molecule has 0 aliphatic carbocycles. The summed E-state index contributed by atoms with van der Waals surface area (Å²) in [6, 6.07) is 21.6. The lowest BCUT2D eigenvalue weighted by molar-refractivity contribution is -0.119. The summed E-state index contributed by atoms with van der Waals surface area (Å²) in [6.45, 7) is 1.44. The quantitative estimate of drug-likeness (QED) is 0.541. The van der Waals surface area contributed by atoms with Crippen molar-refractivity contribution in [1.29, 1.82) is 0 Å². The molecule has 3 rings (SSSR count). The van der Waals surface area contributed by atoms with Crippen molar-refractivity contribution in [3.05, 3.63) is 88.9 Å². The minimum absolute atomic E-state index is 0.0396. The van der Waals surface area contributed by atoms with Gasteiger partial charge in [0.25, 0.3) is 15.9 Å². The lowest BCUT2D eigenvalue weighted by Crippen LogP contribution is -2.40. The molecule has 0 aliphatic rings. The Bertz CT molecular complexity index is 1070. The second kappa shape index (κ2) is 8.58. The third-order valence-corrected chi connectivity index (χ3v) is 6.19. The average molecular weight is 460 g/mol. The number of carbonyl (C=O) groups excluding carboxylic acids is 1. The highest BCUT2D eigenvalue weighted by molar-refractivity contribution is 9.10. The number of halogens is 1. The predicted molar refractivity (Wildman–Crippen MR) is 112 cm³/mol. The van der Waals surface area contributed by atoms with Crippen molar-refractivity contribution < 1.29 is 17.9 Å². The molecule has 7 heteroatoms. The zero-order valence-corrected chi connectivity index (χ0v) is 17.5. The highest BCUT2D eigenvalue weighted by atomic mass is 79.9. The largest absolute Gasteiger partial charge is 0.484 e. The molecule has 0 spiro atoms. The van der Waals surface area contributed by atoms with Gasteiger partial charge in [-0.15, -0.1) is 0 Å². The third-order valence-electron chi connectivity index (χ3n) is 3.93. The topological polar surface area (TPSA) is 63.7 Å². The van der Waals surface area contributed by atoms with E-state index in [9.17, 15) is 13.2 Å². The number of nitrogens with zero attached hydrogens (tertiary/aromatic N) is 1. The fraction of sp³-hybridized carbons (Fsp3) is 0.0952. The maximum absolute atomic E-state index is 13.2. The van der Waals surface area contributed by atoms with Crippen LogP contribution in [0.2, 0.25) is 0 Å². The number of benzene rings is 3. The maximum Gasteiger partial charge on any atom is 0.278 e. The molecule has 0 aliphatic heterocycles. The van der Waals surface area contributed by atoms with Crippen molar-refractivity contribution >= 4 is 37.5 Å². The summed E-state index contributed by atoms with van der Waals surface area (Å²) in [5, 5.41) is 0. The number of hydrogen-bond acceptors (Lipinski definition) is 4. The van der Waals surface area contributed by atoms with Crippen molar-refractivity contribution in [2.45, 2.75) is 11.8 Å². The highest BCUT2D eigenvalue weighted by Gasteiger charge is 2.31. The summed E-state index contributed by atoms with van der Waals surface area (Å²) < 4.78 is 33.5. The van der Waals surface area contributed by atoms with Gasteiger partial charge >= 0.3 is 0 Å². The van der Waals surface area contributed by atoms with Crippen molar-refractivity contribution in [2.24, 2.45) is 0 Å². The van der Waals surface area contributed by atoms with Gasteiger partial charge in [-0.1, -0.05) is 57.9 Å². The van der Waals surface area contributed by atoms with Crippen LogP contribution in [0.4, 0.5) is 5.69 Å². The number of sulfonamides is 1. The smallest absolute Gasteiger partial charge is 0.278 e. The molecule has 144 valence electrons. The first-order valence-electron chi connectivity index (χ1n) is 8.46. The predicted octanol–water partition coefficient (Wildman–Crippen LogP) is 4.56. The zero-order chi connectivity index (χ0) is 20.1. The summed E-state index contributed by atoms with van der Waals surface area (Å²) in [5.41, 5.74) is 1.18. The number of rotatable bonds is 6. The molecule has 5 nitrogen and oxygen atoms in total. The Balaban J connectivity index is 1.93. The molecule has 3 aromatic carbocycles. The Kier molecular flexibility index (Phi) is 6.16. The minimum atomic E-state index is -4.09. The molecule has 0 atom stereocenters. The van der Waals surface area contributed by atoms with Gasteiger partial charge in [0.15, 0.2) is 6.61 Å². The van der Waals surface area contributed by atoms with Crippen LogP contribution < -0.4 is 9.04 Å². The van der Waals surface area contributed by atoms with E-state index in [0.717, 1.165) is 14.3 Å². The number of para-hydroxylation sites is 1. The molecule has 0 unspecified atom stereocenters. The van der Waals surface area contributed by atoms with Crippen LogP contribution in [0.1, 0.15) is 5.56 Å². The summed E-state index contributed by atoms with van der Waals surface area (Å²) in [7, 11) is -4.09. The van der Waals surface area contributed by atoms with E-state index in [1.165, 1.54) is 12.1 Å². The summed E-state index contributed by atoms with van der Waals surface area (Å²) in [5.74, 6) is -0.227. The average Bonchev–Trinajstić information content (AvgIpc) is 2.67. The number of hydrogen-bond donors (Lipinski definition) is 0. The van der Waals surface area contributed by atoms with Crippen molar-refractivity contribution in [3.63, 3.8) is 0 Å². The molecule has 0 bridgehead atoms. The lowest BCUT2D eigenvalue weighted by atomic mass is 10.2. The Morgan fingerprint density at radius 1 is 0.964 bits per heavy atom. The van der Waals surface area contributed by atoms with Gasteiger partial charge in [0, 0.05) is 4.47 Å². The van der Waals surface area contributed by atoms with E-state index in [1.54, 1.807) is 60.7 Å². The first-order valence-corrected chi connectivity index (χ1v) is 10.7. The van der Waals surface area contributed by atoms with E-state index in [-0.39, 0.29) is 10.6 Å². The standard InChI is InChI=1S/C21H18BrNO4S/c1-16-10-12-20(13-11-16)28(25,26)23(18-7-3-2-4-8-18)21(24)15-27-19-9-5-6-17(22)14-19/h2-14H,15H2,1H3. The van der Waals surface area contributed by atoms with Gasteiger partial charge in [0.2, 0.25) is 0 Å². The summed E-state index contributed by atoms with van der Waals surface area (Å²) in [4.78, 5) is 12.9. The van der Waals surface area contributed by atoms with Gasteiger partial charge in [0.1, 0.15) is 5.75 Å². The summed E-state index contributed by atoms with van der Waals surface area (Å²) in [6.07, 6.45) is 0. The van der Waals surface area contributed by atoms with Crippen molar-refractivity contribution in [3.8, 4) is 5.75 Å². The molecule has 0 N–H and O–H groups in total. The number of anilines is 1. The normalized spacial score (nSPS) is 11.1. The Labute approximate surface area is 172 Å². The van der Waals surface area contributed by atoms with E-state index in [0.29, 0.717) is 5.75 Å². The van der Waals surface area contributed by atoms with Crippen LogP contribution in [0.5, 0.6) is 5.75 Å². The molecule has 0 saturated heterocycles. The molecule has 3 aromatic rings. The van der Waals surface area contributed by atoms with Crippen LogP contribution in [-0.2, 0) is 14.8 Å². The molecule has 0 saturated carbocycles. The van der Waals surface area contributed by atoms with Crippen LogP contribution in [-0.4, -0.2) is 20.9 Å². The summed E-state index contributed by atoms with van der Waals surface area (Å²) >= 11 is 3.33. The van der Waals surface area contributed by atoms with Crippen LogP contribution in [0.25, 0.3) is 0 Å². The van der Waals surface area contributed by atoms with E-state index >= 15 is 0 Å². The van der Waals surface area contributed by atoms with Gasteiger partial charge in [0.05, 0.1) is 10.6 Å². The number of amides is 1.